The van der Waals surface area contributed by atoms with E-state index in [1.165, 1.54) is 7.11 Å². The quantitative estimate of drug-likeness (QED) is 0.331. The van der Waals surface area contributed by atoms with Gasteiger partial charge in [-0.2, -0.15) is 0 Å². The summed E-state index contributed by atoms with van der Waals surface area (Å²) in [6, 6.07) is 0. The molecule has 0 aromatic heterocycles. The average molecular weight is 286 g/mol. The third-order valence-electron chi connectivity index (χ3n) is 3.07. The van der Waals surface area contributed by atoms with Crippen molar-refractivity contribution in [3.05, 3.63) is 0 Å². The van der Waals surface area contributed by atoms with E-state index in [9.17, 15) is 14.4 Å². The maximum absolute atomic E-state index is 11.9. The fraction of sp³-hybridized carbons (Fsp3) is 0.800. The van der Waals surface area contributed by atoms with Crippen molar-refractivity contribution in [2.45, 2.75) is 59.0 Å². The van der Waals surface area contributed by atoms with Crippen LogP contribution in [0.5, 0.6) is 0 Å². The standard InChI is InChI=1S/C15H26O5/c1-5-7-8-20-11(3)9-12(16)10-13(14(17)6-2)15(18)19-4/h11,13H,5-10H2,1-4H3/t11-,13?/m0/s1. The Balaban J connectivity index is 4.32. The zero-order valence-electron chi connectivity index (χ0n) is 12.9. The number of carbonyl (C=O) groups is 3. The van der Waals surface area contributed by atoms with E-state index in [2.05, 4.69) is 11.7 Å². The van der Waals surface area contributed by atoms with Crippen LogP contribution in [0.25, 0.3) is 0 Å². The van der Waals surface area contributed by atoms with Crippen LogP contribution in [0.1, 0.15) is 52.9 Å². The molecule has 0 aliphatic heterocycles. The number of rotatable bonds is 11. The molecule has 0 bridgehead atoms. The zero-order chi connectivity index (χ0) is 15.5. The number of esters is 1. The van der Waals surface area contributed by atoms with Crippen LogP contribution in [0.2, 0.25) is 0 Å². The lowest BCUT2D eigenvalue weighted by Crippen LogP contribution is -2.28. The summed E-state index contributed by atoms with van der Waals surface area (Å²) < 4.78 is 10.1. The minimum Gasteiger partial charge on any atom is -0.468 e. The lowest BCUT2D eigenvalue weighted by Gasteiger charge is -2.15. The summed E-state index contributed by atoms with van der Waals surface area (Å²) >= 11 is 0. The minimum absolute atomic E-state index is 0.0964. The Hall–Kier alpha value is -1.23. The number of hydrogen-bond acceptors (Lipinski definition) is 5. The fourth-order valence-corrected chi connectivity index (χ4v) is 1.84. The molecular weight excluding hydrogens is 260 g/mol. The highest BCUT2D eigenvalue weighted by atomic mass is 16.5. The molecule has 0 rings (SSSR count). The molecule has 0 aromatic carbocycles. The van der Waals surface area contributed by atoms with Crippen LogP contribution in [0.15, 0.2) is 0 Å². The first kappa shape index (κ1) is 18.8. The van der Waals surface area contributed by atoms with Gasteiger partial charge < -0.3 is 9.47 Å². The first-order chi connectivity index (χ1) is 9.46. The van der Waals surface area contributed by atoms with Crippen molar-refractivity contribution >= 4 is 17.5 Å². The normalized spacial score (nSPS) is 13.6. The molecule has 0 N–H and O–H groups in total. The Morgan fingerprint density at radius 2 is 1.75 bits per heavy atom. The van der Waals surface area contributed by atoms with Crippen LogP contribution < -0.4 is 0 Å². The van der Waals surface area contributed by atoms with E-state index < -0.39 is 11.9 Å². The molecule has 5 heteroatoms. The van der Waals surface area contributed by atoms with Crippen LogP contribution in [0.3, 0.4) is 0 Å². The van der Waals surface area contributed by atoms with Crippen LogP contribution in [-0.4, -0.2) is 37.4 Å². The molecule has 0 heterocycles. The topological polar surface area (TPSA) is 69.7 Å². The van der Waals surface area contributed by atoms with E-state index in [0.29, 0.717) is 6.61 Å². The summed E-state index contributed by atoms with van der Waals surface area (Å²) in [6.07, 6.45) is 2.14. The Bertz CT molecular complexity index is 308. The van der Waals surface area contributed by atoms with Gasteiger partial charge in [0.15, 0.2) is 0 Å². The molecule has 0 spiro atoms. The highest BCUT2D eigenvalue weighted by Crippen LogP contribution is 2.13. The van der Waals surface area contributed by atoms with Crippen molar-refractivity contribution in [2.75, 3.05) is 13.7 Å². The van der Waals surface area contributed by atoms with Gasteiger partial charge in [-0.1, -0.05) is 20.3 Å². The molecule has 1 unspecified atom stereocenters. The van der Waals surface area contributed by atoms with Gasteiger partial charge in [-0.25, -0.2) is 0 Å². The van der Waals surface area contributed by atoms with Crippen molar-refractivity contribution in [1.29, 1.82) is 0 Å². The Kier molecular flexibility index (Phi) is 9.90. The van der Waals surface area contributed by atoms with Crippen molar-refractivity contribution in [3.63, 3.8) is 0 Å². The third kappa shape index (κ3) is 7.38. The number of methoxy groups -OCH3 is 1. The van der Waals surface area contributed by atoms with Crippen LogP contribution >= 0.6 is 0 Å². The number of ketones is 2. The lowest BCUT2D eigenvalue weighted by molar-refractivity contribution is -0.151. The highest BCUT2D eigenvalue weighted by Gasteiger charge is 2.29. The SMILES string of the molecule is CCCCO[C@@H](C)CC(=O)CC(C(=O)CC)C(=O)OC. The molecule has 0 fully saturated rings. The van der Waals surface area contributed by atoms with Crippen molar-refractivity contribution in [1.82, 2.24) is 0 Å². The van der Waals surface area contributed by atoms with Crippen LogP contribution in [0, 0.1) is 5.92 Å². The zero-order valence-corrected chi connectivity index (χ0v) is 12.9. The molecule has 0 aromatic rings. The molecule has 0 aliphatic rings. The summed E-state index contributed by atoms with van der Waals surface area (Å²) in [5.41, 5.74) is 0. The van der Waals surface area contributed by atoms with Crippen molar-refractivity contribution in [3.8, 4) is 0 Å². The van der Waals surface area contributed by atoms with Gasteiger partial charge in [0.1, 0.15) is 17.5 Å². The molecule has 116 valence electrons. The predicted molar refractivity (Wildman–Crippen MR) is 75.4 cm³/mol. The highest BCUT2D eigenvalue weighted by molar-refractivity contribution is 6.02. The van der Waals surface area contributed by atoms with Gasteiger partial charge in [-0.15, -0.1) is 0 Å². The molecule has 0 aliphatic carbocycles. The van der Waals surface area contributed by atoms with Gasteiger partial charge in [0.2, 0.25) is 0 Å². The Morgan fingerprint density at radius 1 is 1.10 bits per heavy atom. The molecule has 0 amide bonds. The molecule has 0 saturated carbocycles. The van der Waals surface area contributed by atoms with Crippen molar-refractivity contribution in [2.24, 2.45) is 5.92 Å². The second-order valence-electron chi connectivity index (χ2n) is 4.88. The lowest BCUT2D eigenvalue weighted by atomic mass is 9.94. The summed E-state index contributed by atoms with van der Waals surface area (Å²) in [4.78, 5) is 35.1. The molecular formula is C15H26O5. The second kappa shape index (κ2) is 10.5. The summed E-state index contributed by atoms with van der Waals surface area (Å²) in [5.74, 6) is -2.01. The number of Topliss-reactive ketones (excluding diaryl/α,β-unsaturated/α-hetero) is 2. The second-order valence-corrected chi connectivity index (χ2v) is 4.88. The van der Waals surface area contributed by atoms with E-state index in [4.69, 9.17) is 4.74 Å². The van der Waals surface area contributed by atoms with E-state index in [-0.39, 0.29) is 36.9 Å². The number of hydrogen-bond donors (Lipinski definition) is 0. The van der Waals surface area contributed by atoms with E-state index >= 15 is 0 Å². The van der Waals surface area contributed by atoms with Gasteiger partial charge in [-0.05, 0) is 13.3 Å². The number of carbonyl (C=O) groups excluding carboxylic acids is 3. The number of unbranched alkanes of at least 4 members (excludes halogenated alkanes) is 1. The van der Waals surface area contributed by atoms with E-state index in [1.54, 1.807) is 6.92 Å². The monoisotopic (exact) mass is 286 g/mol. The maximum Gasteiger partial charge on any atom is 0.316 e. The largest absolute Gasteiger partial charge is 0.468 e. The van der Waals surface area contributed by atoms with Gasteiger partial charge in [0, 0.05) is 25.9 Å². The summed E-state index contributed by atoms with van der Waals surface area (Å²) in [5, 5.41) is 0. The van der Waals surface area contributed by atoms with Crippen molar-refractivity contribution < 1.29 is 23.9 Å². The predicted octanol–water partition coefficient (Wildman–Crippen LogP) is 2.31. The van der Waals surface area contributed by atoms with Gasteiger partial charge in [0.05, 0.1) is 13.2 Å². The van der Waals surface area contributed by atoms with Crippen LogP contribution in [-0.2, 0) is 23.9 Å². The van der Waals surface area contributed by atoms with Gasteiger partial charge in [-0.3, -0.25) is 14.4 Å². The first-order valence-corrected chi connectivity index (χ1v) is 7.20. The van der Waals surface area contributed by atoms with E-state index in [1.807, 2.05) is 6.92 Å². The minimum atomic E-state index is -0.972. The van der Waals surface area contributed by atoms with Crippen LogP contribution in [0.4, 0.5) is 0 Å². The van der Waals surface area contributed by atoms with Gasteiger partial charge >= 0.3 is 5.97 Å². The third-order valence-corrected chi connectivity index (χ3v) is 3.07. The molecule has 2 atom stereocenters. The molecule has 5 nitrogen and oxygen atoms in total. The number of ether oxygens (including phenoxy) is 2. The summed E-state index contributed by atoms with van der Waals surface area (Å²) in [6.45, 7) is 6.18. The van der Waals surface area contributed by atoms with E-state index in [0.717, 1.165) is 12.8 Å². The Labute approximate surface area is 121 Å². The molecule has 20 heavy (non-hydrogen) atoms. The fourth-order valence-electron chi connectivity index (χ4n) is 1.84. The maximum atomic E-state index is 11.9. The molecule has 0 saturated heterocycles. The summed E-state index contributed by atoms with van der Waals surface area (Å²) in [7, 11) is 1.22. The first-order valence-electron chi connectivity index (χ1n) is 7.20. The Morgan fingerprint density at radius 3 is 2.25 bits per heavy atom. The molecule has 0 radical (unpaired) electrons. The average Bonchev–Trinajstić information content (AvgIpc) is 2.43. The smallest absolute Gasteiger partial charge is 0.316 e. The van der Waals surface area contributed by atoms with Gasteiger partial charge in [0.25, 0.3) is 0 Å².